The third-order valence-electron chi connectivity index (χ3n) is 3.63. The predicted octanol–water partition coefficient (Wildman–Crippen LogP) is 1.72. The average molecular weight is 326 g/mol. The molecule has 0 radical (unpaired) electrons. The molecule has 0 saturated heterocycles. The van der Waals surface area contributed by atoms with Gasteiger partial charge in [0.25, 0.3) is 5.91 Å². The Balaban J connectivity index is 1.93. The fourth-order valence-corrected chi connectivity index (χ4v) is 2.36. The quantitative estimate of drug-likeness (QED) is 0.725. The summed E-state index contributed by atoms with van der Waals surface area (Å²) in [5, 5.41) is 11.6. The number of hydrogen-bond donors (Lipinski definition) is 2. The topological polar surface area (TPSA) is 69.6 Å². The van der Waals surface area contributed by atoms with Gasteiger partial charge in [0, 0.05) is 24.2 Å². The highest BCUT2D eigenvalue weighted by Gasteiger charge is 2.10. The van der Waals surface area contributed by atoms with Crippen molar-refractivity contribution in [2.75, 3.05) is 26.7 Å². The highest BCUT2D eigenvalue weighted by Crippen LogP contribution is 2.08. The molecule has 2 N–H and O–H groups in total. The normalized spacial score (nSPS) is 10.6. The number of benzene rings is 2. The van der Waals surface area contributed by atoms with Crippen molar-refractivity contribution in [1.29, 1.82) is 0 Å². The maximum atomic E-state index is 12.2. The van der Waals surface area contributed by atoms with E-state index >= 15 is 0 Å². The van der Waals surface area contributed by atoms with Crippen LogP contribution < -0.4 is 5.32 Å². The minimum atomic E-state index is -0.272. The standard InChI is InChI=1S/C19H22N2O3/c1-21(10-11-22)14-15-6-5-9-17(12-15)19(24)20-13-18(23)16-7-3-2-4-8-16/h2-9,12,22H,10-11,13-14H2,1H3,(H,20,24). The third-order valence-corrected chi connectivity index (χ3v) is 3.63. The highest BCUT2D eigenvalue weighted by atomic mass is 16.3. The number of nitrogens with one attached hydrogen (secondary N) is 1. The predicted molar refractivity (Wildman–Crippen MR) is 93.0 cm³/mol. The molecule has 0 heterocycles. The van der Waals surface area contributed by atoms with Crippen LogP contribution in [-0.2, 0) is 6.54 Å². The smallest absolute Gasteiger partial charge is 0.251 e. The number of carbonyl (C=O) groups excluding carboxylic acids is 2. The summed E-state index contributed by atoms with van der Waals surface area (Å²) in [6, 6.07) is 16.2. The Labute approximate surface area is 141 Å². The summed E-state index contributed by atoms with van der Waals surface area (Å²) in [7, 11) is 1.90. The maximum Gasteiger partial charge on any atom is 0.251 e. The van der Waals surface area contributed by atoms with Crippen molar-refractivity contribution < 1.29 is 14.7 Å². The summed E-state index contributed by atoms with van der Waals surface area (Å²) in [6.45, 7) is 1.28. The van der Waals surface area contributed by atoms with Crippen molar-refractivity contribution in [2.24, 2.45) is 0 Å². The van der Waals surface area contributed by atoms with Crippen LogP contribution in [-0.4, -0.2) is 48.4 Å². The van der Waals surface area contributed by atoms with Gasteiger partial charge in [0.05, 0.1) is 13.2 Å². The van der Waals surface area contributed by atoms with E-state index in [1.165, 1.54) is 0 Å². The van der Waals surface area contributed by atoms with Gasteiger partial charge in [-0.1, -0.05) is 42.5 Å². The molecule has 0 unspecified atom stereocenters. The zero-order valence-electron chi connectivity index (χ0n) is 13.7. The Hall–Kier alpha value is -2.50. The van der Waals surface area contributed by atoms with E-state index in [9.17, 15) is 9.59 Å². The van der Waals surface area contributed by atoms with Crippen molar-refractivity contribution in [3.63, 3.8) is 0 Å². The molecule has 5 nitrogen and oxygen atoms in total. The van der Waals surface area contributed by atoms with Gasteiger partial charge in [-0.2, -0.15) is 0 Å². The molecule has 0 atom stereocenters. The van der Waals surface area contributed by atoms with Crippen molar-refractivity contribution in [1.82, 2.24) is 10.2 Å². The molecule has 0 spiro atoms. The summed E-state index contributed by atoms with van der Waals surface area (Å²) in [4.78, 5) is 26.2. The van der Waals surface area contributed by atoms with Gasteiger partial charge >= 0.3 is 0 Å². The van der Waals surface area contributed by atoms with Crippen LogP contribution in [0.1, 0.15) is 26.3 Å². The lowest BCUT2D eigenvalue weighted by Gasteiger charge is -2.15. The number of carbonyl (C=O) groups is 2. The lowest BCUT2D eigenvalue weighted by Crippen LogP contribution is -2.29. The van der Waals surface area contributed by atoms with Crippen molar-refractivity contribution in [3.05, 3.63) is 71.3 Å². The number of rotatable bonds is 8. The Kier molecular flexibility index (Phi) is 6.66. The van der Waals surface area contributed by atoms with Crippen LogP contribution >= 0.6 is 0 Å². The molecule has 24 heavy (non-hydrogen) atoms. The number of Topliss-reactive ketones (excluding diaryl/α,β-unsaturated/α-hetero) is 1. The summed E-state index contributed by atoms with van der Waals surface area (Å²) >= 11 is 0. The van der Waals surface area contributed by atoms with Crippen LogP contribution in [0, 0.1) is 0 Å². The first kappa shape index (κ1) is 17.8. The van der Waals surface area contributed by atoms with Gasteiger partial charge < -0.3 is 10.4 Å². The fourth-order valence-electron chi connectivity index (χ4n) is 2.36. The van der Waals surface area contributed by atoms with Crippen molar-refractivity contribution in [2.45, 2.75) is 6.54 Å². The van der Waals surface area contributed by atoms with E-state index in [-0.39, 0.29) is 24.8 Å². The van der Waals surface area contributed by atoms with Crippen LogP contribution in [0.25, 0.3) is 0 Å². The lowest BCUT2D eigenvalue weighted by atomic mass is 10.1. The molecule has 1 amide bonds. The van der Waals surface area contributed by atoms with Gasteiger partial charge in [-0.05, 0) is 24.7 Å². The molecule has 2 rings (SSSR count). The molecule has 0 aliphatic heterocycles. The lowest BCUT2D eigenvalue weighted by molar-refractivity contribution is 0.0904. The zero-order chi connectivity index (χ0) is 17.4. The summed E-state index contributed by atoms with van der Waals surface area (Å²) in [6.07, 6.45) is 0. The van der Waals surface area contributed by atoms with Crippen LogP contribution in [0.5, 0.6) is 0 Å². The maximum absolute atomic E-state index is 12.2. The summed E-state index contributed by atoms with van der Waals surface area (Å²) in [5.41, 5.74) is 2.08. The molecule has 5 heteroatoms. The molecular formula is C19H22N2O3. The van der Waals surface area contributed by atoms with Gasteiger partial charge in [0.1, 0.15) is 0 Å². The monoisotopic (exact) mass is 326 g/mol. The largest absolute Gasteiger partial charge is 0.395 e. The average Bonchev–Trinajstić information content (AvgIpc) is 2.60. The molecule has 2 aromatic rings. The first-order valence-corrected chi connectivity index (χ1v) is 7.85. The summed E-state index contributed by atoms with van der Waals surface area (Å²) < 4.78 is 0. The van der Waals surface area contributed by atoms with Crippen LogP contribution in [0.4, 0.5) is 0 Å². The molecule has 0 saturated carbocycles. The molecule has 0 fully saturated rings. The zero-order valence-corrected chi connectivity index (χ0v) is 13.7. The first-order valence-electron chi connectivity index (χ1n) is 7.85. The van der Waals surface area contributed by atoms with Gasteiger partial charge in [-0.3, -0.25) is 14.5 Å². The molecule has 0 bridgehead atoms. The van der Waals surface area contributed by atoms with E-state index in [0.29, 0.717) is 24.2 Å². The van der Waals surface area contributed by atoms with Gasteiger partial charge in [0.2, 0.25) is 0 Å². The molecule has 0 aromatic heterocycles. The first-order chi connectivity index (χ1) is 11.6. The van der Waals surface area contributed by atoms with Crippen molar-refractivity contribution in [3.8, 4) is 0 Å². The SMILES string of the molecule is CN(CCO)Cc1cccc(C(=O)NCC(=O)c2ccccc2)c1. The number of amides is 1. The third kappa shape index (κ3) is 5.30. The Morgan fingerprint density at radius 2 is 1.75 bits per heavy atom. The molecule has 126 valence electrons. The van der Waals surface area contributed by atoms with E-state index in [2.05, 4.69) is 5.32 Å². The molecule has 0 aliphatic carbocycles. The Morgan fingerprint density at radius 3 is 2.46 bits per heavy atom. The number of nitrogens with zero attached hydrogens (tertiary/aromatic N) is 1. The van der Waals surface area contributed by atoms with Gasteiger partial charge in [-0.25, -0.2) is 0 Å². The van der Waals surface area contributed by atoms with E-state index in [4.69, 9.17) is 5.11 Å². The van der Waals surface area contributed by atoms with Crippen LogP contribution in [0.15, 0.2) is 54.6 Å². The number of likely N-dealkylation sites (N-methyl/N-ethyl adjacent to an activating group) is 1. The second-order valence-electron chi connectivity index (χ2n) is 5.63. The number of ketones is 1. The molecule has 2 aromatic carbocycles. The summed E-state index contributed by atoms with van der Waals surface area (Å²) in [5.74, 6) is -0.395. The minimum Gasteiger partial charge on any atom is -0.395 e. The minimum absolute atomic E-state index is 0.0303. The number of aliphatic hydroxyl groups excluding tert-OH is 1. The molecular weight excluding hydrogens is 304 g/mol. The van der Waals surface area contributed by atoms with Crippen molar-refractivity contribution >= 4 is 11.7 Å². The van der Waals surface area contributed by atoms with Crippen LogP contribution in [0.2, 0.25) is 0 Å². The van der Waals surface area contributed by atoms with E-state index in [0.717, 1.165) is 5.56 Å². The second-order valence-corrected chi connectivity index (χ2v) is 5.63. The van der Waals surface area contributed by atoms with Gasteiger partial charge in [0.15, 0.2) is 5.78 Å². The number of aliphatic hydroxyl groups is 1. The second kappa shape index (κ2) is 8.96. The fraction of sp³-hybridized carbons (Fsp3) is 0.263. The van der Waals surface area contributed by atoms with E-state index in [1.54, 1.807) is 36.4 Å². The Bertz CT molecular complexity index is 686. The van der Waals surface area contributed by atoms with Gasteiger partial charge in [-0.15, -0.1) is 0 Å². The highest BCUT2D eigenvalue weighted by molar-refractivity contribution is 6.02. The molecule has 0 aliphatic rings. The number of hydrogen-bond acceptors (Lipinski definition) is 4. The Morgan fingerprint density at radius 1 is 1.04 bits per heavy atom. The van der Waals surface area contributed by atoms with E-state index in [1.807, 2.05) is 30.1 Å². The van der Waals surface area contributed by atoms with E-state index < -0.39 is 0 Å². The van der Waals surface area contributed by atoms with Crippen LogP contribution in [0.3, 0.4) is 0 Å².